The minimum atomic E-state index is -0.893. The van der Waals surface area contributed by atoms with Crippen molar-refractivity contribution in [3.05, 3.63) is 72.7 Å². The summed E-state index contributed by atoms with van der Waals surface area (Å²) < 4.78 is 9.47. The van der Waals surface area contributed by atoms with Crippen LogP contribution in [0.2, 0.25) is 0 Å². The number of carbonyl (C=O) groups excluding carboxylic acids is 5. The maximum Gasteiger partial charge on any atom is 0.407 e. The molecule has 3 aliphatic rings. The molecule has 3 aromatic heterocycles. The van der Waals surface area contributed by atoms with E-state index in [4.69, 9.17) is 19.4 Å². The SMILES string of the molecule is COC(=O)N[C@H]1CCC(=O)N2CCC[C@@H](c3ncc(-c4ccc(-c5cnc6cc(-c7cnc([C@@H]8CCCN8C(=O)[C@@H](NC(=O)OC)C(C)C)[nH]7)ccc6n5)cc4)[nH]3)N2C1=O. The van der Waals surface area contributed by atoms with Crippen LogP contribution in [0.25, 0.3) is 44.8 Å². The summed E-state index contributed by atoms with van der Waals surface area (Å²) in [5.41, 5.74) is 6.27. The number of alkyl carbamates (subject to hydrolysis) is 2. The number of methoxy groups -OCH3 is 2. The zero-order valence-electron chi connectivity index (χ0n) is 33.8. The number of fused-ring (bicyclic) bond motifs is 2. The molecule has 0 unspecified atom stereocenters. The van der Waals surface area contributed by atoms with Crippen LogP contribution in [-0.2, 0) is 23.9 Å². The molecule has 3 aliphatic heterocycles. The van der Waals surface area contributed by atoms with Gasteiger partial charge < -0.3 is 35.0 Å². The smallest absolute Gasteiger partial charge is 0.407 e. The minimum Gasteiger partial charge on any atom is -0.453 e. The Bertz CT molecular complexity index is 2430. The van der Waals surface area contributed by atoms with Crippen LogP contribution in [0.15, 0.2) is 61.1 Å². The minimum absolute atomic E-state index is 0.124. The third-order valence-electron chi connectivity index (χ3n) is 11.4. The van der Waals surface area contributed by atoms with Gasteiger partial charge in [0.15, 0.2) is 0 Å². The second-order valence-electron chi connectivity index (χ2n) is 15.5. The van der Waals surface area contributed by atoms with Crippen LogP contribution in [0.1, 0.15) is 76.1 Å². The molecule has 8 rings (SSSR count). The molecule has 60 heavy (non-hydrogen) atoms. The number of aromatic nitrogens is 6. The standard InChI is InChI=1S/C42H47N11O7/c1-23(2)36(50-42(58)60-4)40(56)51-17-5-7-33(51)37-44-22-32(48-37)26-13-14-27-29(19-26)43-20-30(46-27)24-9-11-25(12-10-24)31-21-45-38(47-31)34-8-6-18-52-35(54)16-15-28(39(55)53(34)52)49-41(57)59-3/h9-14,19-23,28,33-34,36H,5-8,15-18H2,1-4H3,(H,44,48)(H,45,47)(H,49,57)(H,50,58)/t28-,33-,34-,36-/m0/s1. The number of H-pyrrole nitrogens is 2. The largest absolute Gasteiger partial charge is 0.453 e. The number of amides is 5. The van der Waals surface area contributed by atoms with Crippen molar-refractivity contribution in [2.45, 2.75) is 76.5 Å². The molecule has 4 atom stereocenters. The average Bonchev–Trinajstić information content (AvgIpc) is 4.06. The Labute approximate surface area is 345 Å². The van der Waals surface area contributed by atoms with E-state index in [-0.39, 0.29) is 42.5 Å². The molecule has 0 aliphatic carbocycles. The van der Waals surface area contributed by atoms with Gasteiger partial charge in [0.1, 0.15) is 29.8 Å². The predicted molar refractivity (Wildman–Crippen MR) is 217 cm³/mol. The van der Waals surface area contributed by atoms with Crippen LogP contribution in [-0.4, -0.2) is 114 Å². The molecule has 0 spiro atoms. The molecule has 18 nitrogen and oxygen atoms in total. The molecule has 3 saturated heterocycles. The summed E-state index contributed by atoms with van der Waals surface area (Å²) in [6, 6.07) is 11.3. The fourth-order valence-corrected chi connectivity index (χ4v) is 8.25. The number of hydrazine groups is 1. The lowest BCUT2D eigenvalue weighted by Crippen LogP contribution is -2.57. The van der Waals surface area contributed by atoms with Gasteiger partial charge in [0.2, 0.25) is 11.8 Å². The molecular weight excluding hydrogens is 771 g/mol. The van der Waals surface area contributed by atoms with Crippen molar-refractivity contribution in [2.75, 3.05) is 27.3 Å². The lowest BCUT2D eigenvalue weighted by atomic mass is 10.0. The van der Waals surface area contributed by atoms with Gasteiger partial charge in [0.05, 0.1) is 67.0 Å². The van der Waals surface area contributed by atoms with Crippen LogP contribution in [0.5, 0.6) is 0 Å². The highest BCUT2D eigenvalue weighted by Crippen LogP contribution is 2.36. The third kappa shape index (κ3) is 7.83. The van der Waals surface area contributed by atoms with Crippen molar-refractivity contribution in [2.24, 2.45) is 5.92 Å². The summed E-state index contributed by atoms with van der Waals surface area (Å²) >= 11 is 0. The van der Waals surface area contributed by atoms with Crippen LogP contribution in [0.3, 0.4) is 0 Å². The van der Waals surface area contributed by atoms with Gasteiger partial charge in [-0.05, 0) is 55.7 Å². The number of likely N-dealkylation sites (tertiary alicyclic amines) is 1. The Balaban J connectivity index is 0.956. The molecule has 5 aromatic rings. The van der Waals surface area contributed by atoms with Crippen molar-refractivity contribution in [3.63, 3.8) is 0 Å². The first-order valence-corrected chi connectivity index (χ1v) is 20.1. The first-order chi connectivity index (χ1) is 29.0. The zero-order valence-corrected chi connectivity index (χ0v) is 33.8. The van der Waals surface area contributed by atoms with Crippen molar-refractivity contribution in [1.82, 2.24) is 55.5 Å². The van der Waals surface area contributed by atoms with Gasteiger partial charge in [0.25, 0.3) is 5.91 Å². The van der Waals surface area contributed by atoms with Gasteiger partial charge in [-0.25, -0.2) is 29.5 Å². The van der Waals surface area contributed by atoms with Gasteiger partial charge in [-0.15, -0.1) is 0 Å². The Hall–Kier alpha value is -6.85. The number of hydrogen-bond acceptors (Lipinski definition) is 11. The van der Waals surface area contributed by atoms with Gasteiger partial charge in [-0.3, -0.25) is 24.4 Å². The van der Waals surface area contributed by atoms with Gasteiger partial charge >= 0.3 is 12.2 Å². The van der Waals surface area contributed by atoms with E-state index in [2.05, 4.69) is 30.6 Å². The summed E-state index contributed by atoms with van der Waals surface area (Å²) in [5, 5.41) is 8.20. The molecule has 0 radical (unpaired) electrons. The first-order valence-electron chi connectivity index (χ1n) is 20.1. The molecule has 3 fully saturated rings. The topological polar surface area (TPSA) is 221 Å². The van der Waals surface area contributed by atoms with E-state index in [9.17, 15) is 24.0 Å². The van der Waals surface area contributed by atoms with Crippen LogP contribution in [0.4, 0.5) is 9.59 Å². The molecule has 6 heterocycles. The second-order valence-corrected chi connectivity index (χ2v) is 15.5. The molecule has 5 amide bonds. The number of hydrogen-bond donors (Lipinski definition) is 4. The Morgan fingerprint density at radius 3 is 2.13 bits per heavy atom. The lowest BCUT2D eigenvalue weighted by Gasteiger charge is -2.42. The molecular formula is C42H47N11O7. The van der Waals surface area contributed by atoms with Crippen molar-refractivity contribution >= 4 is 40.9 Å². The van der Waals surface area contributed by atoms with Crippen molar-refractivity contribution in [1.29, 1.82) is 0 Å². The summed E-state index contributed by atoms with van der Waals surface area (Å²) in [4.78, 5) is 91.8. The quantitative estimate of drug-likeness (QED) is 0.154. The number of nitrogens with one attached hydrogen (secondary N) is 4. The van der Waals surface area contributed by atoms with E-state index < -0.39 is 30.3 Å². The fourth-order valence-electron chi connectivity index (χ4n) is 8.25. The maximum absolute atomic E-state index is 13.7. The number of rotatable bonds is 9. The number of nitrogens with zero attached hydrogens (tertiary/aromatic N) is 7. The first kappa shape index (κ1) is 40.0. The van der Waals surface area contributed by atoms with E-state index in [1.807, 2.05) is 56.3 Å². The normalized spacial score (nSPS) is 19.9. The fraction of sp³-hybridized carbons (Fsp3) is 0.405. The van der Waals surface area contributed by atoms with E-state index in [0.29, 0.717) is 48.8 Å². The Kier molecular flexibility index (Phi) is 11.2. The third-order valence-corrected chi connectivity index (χ3v) is 11.4. The summed E-state index contributed by atoms with van der Waals surface area (Å²) in [6.07, 6.45) is 7.01. The van der Waals surface area contributed by atoms with Crippen LogP contribution >= 0.6 is 0 Å². The molecule has 312 valence electrons. The number of benzene rings is 2. The Morgan fingerprint density at radius 2 is 1.42 bits per heavy atom. The molecule has 2 aromatic carbocycles. The number of imidazole rings is 2. The van der Waals surface area contributed by atoms with E-state index >= 15 is 0 Å². The molecule has 4 N–H and O–H groups in total. The predicted octanol–water partition coefficient (Wildman–Crippen LogP) is 5.05. The molecule has 0 bridgehead atoms. The van der Waals surface area contributed by atoms with E-state index in [1.165, 1.54) is 24.2 Å². The van der Waals surface area contributed by atoms with Crippen molar-refractivity contribution in [3.8, 4) is 33.8 Å². The van der Waals surface area contributed by atoms with Crippen molar-refractivity contribution < 1.29 is 33.4 Å². The van der Waals surface area contributed by atoms with Gasteiger partial charge in [-0.2, -0.15) is 0 Å². The highest BCUT2D eigenvalue weighted by atomic mass is 16.5. The summed E-state index contributed by atoms with van der Waals surface area (Å²) in [7, 11) is 2.51. The van der Waals surface area contributed by atoms with Crippen LogP contribution in [0, 0.1) is 5.92 Å². The monoisotopic (exact) mass is 817 g/mol. The lowest BCUT2D eigenvalue weighted by molar-refractivity contribution is -0.174. The highest BCUT2D eigenvalue weighted by molar-refractivity contribution is 5.91. The zero-order chi connectivity index (χ0) is 42.1. The van der Waals surface area contributed by atoms with Gasteiger partial charge in [0, 0.05) is 30.6 Å². The highest BCUT2D eigenvalue weighted by Gasteiger charge is 2.44. The summed E-state index contributed by atoms with van der Waals surface area (Å²) in [5.74, 6) is 0.380. The number of ether oxygens (including phenoxy) is 2. The molecule has 0 saturated carbocycles. The van der Waals surface area contributed by atoms with Gasteiger partial charge in [-0.1, -0.05) is 44.2 Å². The number of carbonyl (C=O) groups is 5. The second kappa shape index (κ2) is 16.8. The van der Waals surface area contributed by atoms with Crippen LogP contribution < -0.4 is 10.6 Å². The maximum atomic E-state index is 13.7. The number of aromatic amines is 2. The van der Waals surface area contributed by atoms with E-state index in [0.717, 1.165) is 46.4 Å². The average molecular weight is 818 g/mol. The molecule has 18 heteroatoms. The Morgan fingerprint density at radius 1 is 0.767 bits per heavy atom. The summed E-state index contributed by atoms with van der Waals surface area (Å²) in [6.45, 7) is 4.75. The van der Waals surface area contributed by atoms with E-state index in [1.54, 1.807) is 23.5 Å².